The third kappa shape index (κ3) is 3.68. The number of ether oxygens (including phenoxy) is 1. The summed E-state index contributed by atoms with van der Waals surface area (Å²) in [6.45, 7) is 2.86. The van der Waals surface area contributed by atoms with Crippen molar-refractivity contribution in [3.8, 4) is 17.6 Å². The fraction of sp³-hybridized carbons (Fsp3) is 0.176. The zero-order valence-corrected chi connectivity index (χ0v) is 10.5. The maximum atomic E-state index is 5.52. The third-order valence-corrected chi connectivity index (χ3v) is 2.45. The first-order chi connectivity index (χ1) is 8.88. The summed E-state index contributed by atoms with van der Waals surface area (Å²) in [4.78, 5) is 0. The van der Waals surface area contributed by atoms with Crippen LogP contribution in [0.25, 0.3) is 0 Å². The summed E-state index contributed by atoms with van der Waals surface area (Å²) in [5.74, 6) is 7.18. The van der Waals surface area contributed by atoms with E-state index in [1.54, 1.807) is 0 Å². The molecule has 0 N–H and O–H groups in total. The maximum absolute atomic E-state index is 5.52. The fourth-order valence-electron chi connectivity index (χ4n) is 1.52. The molecule has 1 nitrogen and oxygen atoms in total. The molecule has 2 rings (SSSR count). The van der Waals surface area contributed by atoms with Crippen LogP contribution in [0.1, 0.15) is 24.5 Å². The molecule has 0 aliphatic rings. The molecule has 0 atom stereocenters. The predicted octanol–water partition coefficient (Wildman–Crippen LogP) is 3.88. The van der Waals surface area contributed by atoms with Crippen molar-refractivity contribution in [1.82, 2.24) is 0 Å². The molecule has 0 unspecified atom stereocenters. The molecule has 2 aromatic rings. The lowest BCUT2D eigenvalue weighted by Gasteiger charge is -2.03. The van der Waals surface area contributed by atoms with Crippen LogP contribution in [0.5, 0.6) is 5.75 Å². The Bertz CT molecular complexity index is 529. The number of benzene rings is 2. The van der Waals surface area contributed by atoms with Gasteiger partial charge in [0.1, 0.15) is 5.75 Å². The SMILES string of the molecule is CCCOc1ccc(C#Cc2ccccc2)cc1. The van der Waals surface area contributed by atoms with Gasteiger partial charge < -0.3 is 4.74 Å². The van der Waals surface area contributed by atoms with Gasteiger partial charge in [0.25, 0.3) is 0 Å². The Morgan fingerprint density at radius 3 is 2.06 bits per heavy atom. The van der Waals surface area contributed by atoms with Gasteiger partial charge >= 0.3 is 0 Å². The van der Waals surface area contributed by atoms with E-state index >= 15 is 0 Å². The van der Waals surface area contributed by atoms with Gasteiger partial charge in [0.2, 0.25) is 0 Å². The van der Waals surface area contributed by atoms with E-state index in [1.807, 2.05) is 54.6 Å². The minimum atomic E-state index is 0.759. The standard InChI is InChI=1S/C17H16O/c1-2-14-18-17-12-10-16(11-13-17)9-8-15-6-4-3-5-7-15/h3-7,10-13H,2,14H2,1H3. The van der Waals surface area contributed by atoms with Crippen LogP contribution in [0.3, 0.4) is 0 Å². The van der Waals surface area contributed by atoms with Crippen molar-refractivity contribution in [3.05, 3.63) is 65.7 Å². The van der Waals surface area contributed by atoms with E-state index in [2.05, 4.69) is 18.8 Å². The molecular formula is C17H16O. The Kier molecular flexibility index (Phi) is 4.44. The van der Waals surface area contributed by atoms with E-state index in [-0.39, 0.29) is 0 Å². The summed E-state index contributed by atoms with van der Waals surface area (Å²) in [5.41, 5.74) is 2.03. The summed E-state index contributed by atoms with van der Waals surface area (Å²) < 4.78 is 5.52. The van der Waals surface area contributed by atoms with Gasteiger partial charge in [-0.3, -0.25) is 0 Å². The first-order valence-corrected chi connectivity index (χ1v) is 6.18. The van der Waals surface area contributed by atoms with Crippen molar-refractivity contribution in [2.24, 2.45) is 0 Å². The summed E-state index contributed by atoms with van der Waals surface area (Å²) in [6, 6.07) is 17.9. The van der Waals surface area contributed by atoms with Crippen LogP contribution in [0.4, 0.5) is 0 Å². The molecule has 0 aliphatic heterocycles. The molecular weight excluding hydrogens is 220 g/mol. The minimum absolute atomic E-state index is 0.759. The molecule has 90 valence electrons. The Morgan fingerprint density at radius 2 is 1.44 bits per heavy atom. The lowest BCUT2D eigenvalue weighted by Crippen LogP contribution is -1.94. The third-order valence-electron chi connectivity index (χ3n) is 2.45. The molecule has 0 bridgehead atoms. The maximum Gasteiger partial charge on any atom is 0.119 e. The van der Waals surface area contributed by atoms with Crippen LogP contribution in [0, 0.1) is 11.8 Å². The molecule has 0 aromatic heterocycles. The molecule has 0 fully saturated rings. The van der Waals surface area contributed by atoms with Crippen molar-refractivity contribution in [3.63, 3.8) is 0 Å². The highest BCUT2D eigenvalue weighted by molar-refractivity contribution is 5.44. The first-order valence-electron chi connectivity index (χ1n) is 6.18. The molecule has 0 spiro atoms. The van der Waals surface area contributed by atoms with E-state index in [9.17, 15) is 0 Å². The lowest BCUT2D eigenvalue weighted by atomic mass is 10.2. The highest BCUT2D eigenvalue weighted by Gasteiger charge is 1.92. The van der Waals surface area contributed by atoms with Gasteiger partial charge in [0.15, 0.2) is 0 Å². The van der Waals surface area contributed by atoms with Crippen molar-refractivity contribution in [1.29, 1.82) is 0 Å². The molecule has 0 aliphatic carbocycles. The van der Waals surface area contributed by atoms with Gasteiger partial charge in [0, 0.05) is 11.1 Å². The minimum Gasteiger partial charge on any atom is -0.494 e. The quantitative estimate of drug-likeness (QED) is 0.735. The first kappa shape index (κ1) is 12.3. The highest BCUT2D eigenvalue weighted by atomic mass is 16.5. The molecule has 0 amide bonds. The molecule has 0 heterocycles. The molecule has 0 saturated heterocycles. The van der Waals surface area contributed by atoms with Gasteiger partial charge in [0.05, 0.1) is 6.61 Å². The Hall–Kier alpha value is -2.20. The molecule has 0 radical (unpaired) electrons. The van der Waals surface area contributed by atoms with Gasteiger partial charge in [-0.05, 0) is 42.8 Å². The second kappa shape index (κ2) is 6.51. The van der Waals surface area contributed by atoms with Crippen molar-refractivity contribution >= 4 is 0 Å². The van der Waals surface area contributed by atoms with Crippen molar-refractivity contribution < 1.29 is 4.74 Å². The number of hydrogen-bond donors (Lipinski definition) is 0. The monoisotopic (exact) mass is 236 g/mol. The van der Waals surface area contributed by atoms with Crippen LogP contribution >= 0.6 is 0 Å². The van der Waals surface area contributed by atoms with E-state index in [1.165, 1.54) is 0 Å². The van der Waals surface area contributed by atoms with Crippen LogP contribution in [-0.2, 0) is 0 Å². The van der Waals surface area contributed by atoms with Gasteiger partial charge in [-0.25, -0.2) is 0 Å². The smallest absolute Gasteiger partial charge is 0.119 e. The summed E-state index contributed by atoms with van der Waals surface area (Å²) in [5, 5.41) is 0. The Morgan fingerprint density at radius 1 is 0.833 bits per heavy atom. The predicted molar refractivity (Wildman–Crippen MR) is 74.7 cm³/mol. The molecule has 1 heteroatoms. The Balaban J connectivity index is 2.05. The topological polar surface area (TPSA) is 9.23 Å². The van der Waals surface area contributed by atoms with Gasteiger partial charge in [-0.2, -0.15) is 0 Å². The summed E-state index contributed by atoms with van der Waals surface area (Å²) in [7, 11) is 0. The van der Waals surface area contributed by atoms with Gasteiger partial charge in [-0.1, -0.05) is 37.0 Å². The largest absolute Gasteiger partial charge is 0.494 e. The van der Waals surface area contributed by atoms with E-state index in [0.717, 1.165) is 29.9 Å². The number of hydrogen-bond acceptors (Lipinski definition) is 1. The van der Waals surface area contributed by atoms with E-state index in [4.69, 9.17) is 4.74 Å². The lowest BCUT2D eigenvalue weighted by molar-refractivity contribution is 0.317. The number of rotatable bonds is 3. The van der Waals surface area contributed by atoms with E-state index < -0.39 is 0 Å². The Labute approximate surface area is 108 Å². The summed E-state index contributed by atoms with van der Waals surface area (Å²) >= 11 is 0. The molecule has 2 aromatic carbocycles. The molecule has 18 heavy (non-hydrogen) atoms. The molecule has 0 saturated carbocycles. The second-order valence-corrected chi connectivity index (χ2v) is 3.99. The zero-order chi connectivity index (χ0) is 12.6. The normalized spacial score (nSPS) is 9.39. The summed E-state index contributed by atoms with van der Waals surface area (Å²) in [6.07, 6.45) is 1.02. The highest BCUT2D eigenvalue weighted by Crippen LogP contribution is 2.11. The van der Waals surface area contributed by atoms with Gasteiger partial charge in [-0.15, -0.1) is 0 Å². The average molecular weight is 236 g/mol. The fourth-order valence-corrected chi connectivity index (χ4v) is 1.52. The van der Waals surface area contributed by atoms with Crippen LogP contribution < -0.4 is 4.74 Å². The van der Waals surface area contributed by atoms with Crippen LogP contribution in [0.2, 0.25) is 0 Å². The average Bonchev–Trinajstić information content (AvgIpc) is 2.45. The van der Waals surface area contributed by atoms with E-state index in [0.29, 0.717) is 0 Å². The van der Waals surface area contributed by atoms with Crippen molar-refractivity contribution in [2.75, 3.05) is 6.61 Å². The zero-order valence-electron chi connectivity index (χ0n) is 10.5. The van der Waals surface area contributed by atoms with Crippen LogP contribution in [-0.4, -0.2) is 6.61 Å². The van der Waals surface area contributed by atoms with Crippen molar-refractivity contribution in [2.45, 2.75) is 13.3 Å². The second-order valence-electron chi connectivity index (χ2n) is 3.99. The van der Waals surface area contributed by atoms with Crippen LogP contribution in [0.15, 0.2) is 54.6 Å².